The van der Waals surface area contributed by atoms with Gasteiger partial charge in [0.1, 0.15) is 17.7 Å². The van der Waals surface area contributed by atoms with Crippen molar-refractivity contribution in [3.8, 4) is 12.3 Å². The molecule has 11 heteroatoms. The Morgan fingerprint density at radius 1 is 1.24 bits per heavy atom. The number of terminal acetylenes is 1. The average molecular weight is 523 g/mol. The minimum Gasteiger partial charge on any atom is -0.481 e. The van der Waals surface area contributed by atoms with Crippen molar-refractivity contribution in [1.82, 2.24) is 15.3 Å². The minimum atomic E-state index is -1.37. The number of hydrogen-bond acceptors (Lipinski definition) is 6. The smallest absolute Gasteiger partial charge is 0.326 e. The number of carboxylic acids is 2. The molecule has 0 spiro atoms. The second-order valence-electron chi connectivity index (χ2n) is 8.79. The van der Waals surface area contributed by atoms with Gasteiger partial charge in [0.15, 0.2) is 0 Å². The number of aromatic amines is 1. The number of rotatable bonds is 11. The summed E-state index contributed by atoms with van der Waals surface area (Å²) >= 11 is 0. The van der Waals surface area contributed by atoms with Crippen molar-refractivity contribution in [2.75, 3.05) is 11.4 Å². The second-order valence-corrected chi connectivity index (χ2v) is 8.79. The topological polar surface area (TPSA) is 153 Å². The number of nitrogens with one attached hydrogen (secondary N) is 2. The van der Waals surface area contributed by atoms with Crippen LogP contribution in [0.5, 0.6) is 0 Å². The summed E-state index contributed by atoms with van der Waals surface area (Å²) in [5.74, 6) is -1.12. The van der Waals surface area contributed by atoms with Crippen LogP contribution in [0.1, 0.15) is 46.6 Å². The molecule has 4 N–H and O–H groups in total. The highest BCUT2D eigenvalue weighted by atomic mass is 19.1. The molecule has 3 rings (SSSR count). The average Bonchev–Trinajstić information content (AvgIpc) is 2.83. The van der Waals surface area contributed by atoms with E-state index in [1.807, 2.05) is 6.92 Å². The van der Waals surface area contributed by atoms with Crippen molar-refractivity contribution >= 4 is 34.4 Å². The summed E-state index contributed by atoms with van der Waals surface area (Å²) < 4.78 is 15.2. The highest BCUT2D eigenvalue weighted by Gasteiger charge is 2.26. The third-order valence-electron chi connectivity index (χ3n) is 5.96. The van der Waals surface area contributed by atoms with E-state index in [-0.39, 0.29) is 49.2 Å². The molecule has 2 aromatic carbocycles. The summed E-state index contributed by atoms with van der Waals surface area (Å²) in [6.45, 7) is 3.43. The number of benzene rings is 2. The zero-order valence-corrected chi connectivity index (χ0v) is 20.9. The third-order valence-corrected chi connectivity index (χ3v) is 5.96. The van der Waals surface area contributed by atoms with Gasteiger partial charge in [-0.2, -0.15) is 0 Å². The monoisotopic (exact) mass is 522 g/mol. The minimum absolute atomic E-state index is 0.0283. The number of hydrogen-bond donors (Lipinski definition) is 4. The van der Waals surface area contributed by atoms with Crippen LogP contribution in [0.3, 0.4) is 0 Å². The maximum Gasteiger partial charge on any atom is 0.326 e. The van der Waals surface area contributed by atoms with E-state index in [4.69, 9.17) is 11.5 Å². The molecule has 0 fully saturated rings. The Morgan fingerprint density at radius 2 is 1.97 bits per heavy atom. The van der Waals surface area contributed by atoms with Crippen LogP contribution in [-0.2, 0) is 16.1 Å². The predicted octanol–water partition coefficient (Wildman–Crippen LogP) is 2.76. The van der Waals surface area contributed by atoms with Crippen molar-refractivity contribution < 1.29 is 29.0 Å². The fraction of sp³-hybridized carbons (Fsp3) is 0.296. The fourth-order valence-corrected chi connectivity index (χ4v) is 4.12. The lowest BCUT2D eigenvalue weighted by molar-refractivity contribution is -0.140. The number of amides is 1. The molecule has 1 aromatic heterocycles. The number of carbonyl (C=O) groups is 3. The molecule has 3 aromatic rings. The Hall–Kier alpha value is -4.72. The van der Waals surface area contributed by atoms with Crippen molar-refractivity contribution in [2.45, 2.75) is 45.7 Å². The van der Waals surface area contributed by atoms with Gasteiger partial charge < -0.3 is 25.4 Å². The maximum atomic E-state index is 15.2. The van der Waals surface area contributed by atoms with Gasteiger partial charge in [-0.3, -0.25) is 14.4 Å². The quantitative estimate of drug-likeness (QED) is 0.281. The fourth-order valence-electron chi connectivity index (χ4n) is 4.12. The molecule has 1 amide bonds. The van der Waals surface area contributed by atoms with E-state index in [0.29, 0.717) is 22.3 Å². The van der Waals surface area contributed by atoms with Gasteiger partial charge in [-0.05, 0) is 62.1 Å². The van der Waals surface area contributed by atoms with Gasteiger partial charge in [-0.15, -0.1) is 6.42 Å². The largest absolute Gasteiger partial charge is 0.481 e. The molecule has 198 valence electrons. The standard InChI is InChI=1S/C27H27FN4O6/c1-4-11-32(14-17-13-19-22(12-15(17)2)29-16(3)30-26(19)36)24-18(7-5-8-20(24)28)25(35)31-21(27(37)38)9-6-10-23(33)34/h1,5,7-8,12-13,21H,6,9-11,14H2,2-3H3,(H,31,35)(H,33,34)(H,37,38)(H,29,30,36)/t21-/m0/s1. The number of carboxylic acid groups (broad SMARTS) is 2. The molecular formula is C27H27FN4O6. The number of aliphatic carboxylic acids is 2. The van der Waals surface area contributed by atoms with Crippen LogP contribution in [0, 0.1) is 32.0 Å². The lowest BCUT2D eigenvalue weighted by atomic mass is 10.0. The Bertz CT molecular complexity index is 1490. The summed E-state index contributed by atoms with van der Waals surface area (Å²) in [7, 11) is 0. The number of anilines is 1. The zero-order valence-electron chi connectivity index (χ0n) is 20.9. The summed E-state index contributed by atoms with van der Waals surface area (Å²) in [5, 5.41) is 21.0. The molecule has 0 unspecified atom stereocenters. The number of nitrogens with zero attached hydrogens (tertiary/aromatic N) is 2. The molecule has 10 nitrogen and oxygen atoms in total. The highest BCUT2D eigenvalue weighted by molar-refractivity contribution is 6.01. The van der Waals surface area contributed by atoms with Crippen LogP contribution in [-0.4, -0.2) is 50.6 Å². The van der Waals surface area contributed by atoms with Gasteiger partial charge in [0.2, 0.25) is 0 Å². The number of fused-ring (bicyclic) bond motifs is 1. The lowest BCUT2D eigenvalue weighted by Gasteiger charge is -2.27. The Labute approximate surface area is 217 Å². The first-order valence-corrected chi connectivity index (χ1v) is 11.7. The van der Waals surface area contributed by atoms with E-state index >= 15 is 4.39 Å². The van der Waals surface area contributed by atoms with E-state index < -0.39 is 29.7 Å². The van der Waals surface area contributed by atoms with Crippen LogP contribution in [0.25, 0.3) is 10.9 Å². The molecule has 0 bridgehead atoms. The van der Waals surface area contributed by atoms with Crippen LogP contribution in [0.4, 0.5) is 10.1 Å². The molecule has 0 aliphatic rings. The van der Waals surface area contributed by atoms with Gasteiger partial charge in [-0.1, -0.05) is 12.0 Å². The first kappa shape index (κ1) is 27.9. The summed E-state index contributed by atoms with van der Waals surface area (Å²) in [6.07, 6.45) is 5.21. The van der Waals surface area contributed by atoms with E-state index in [2.05, 4.69) is 21.2 Å². The van der Waals surface area contributed by atoms with Crippen molar-refractivity contribution in [3.05, 3.63) is 69.0 Å². The van der Waals surface area contributed by atoms with Crippen LogP contribution in [0.2, 0.25) is 0 Å². The van der Waals surface area contributed by atoms with Gasteiger partial charge in [0, 0.05) is 13.0 Å². The zero-order chi connectivity index (χ0) is 28.0. The maximum absolute atomic E-state index is 15.2. The Morgan fingerprint density at radius 3 is 2.63 bits per heavy atom. The van der Waals surface area contributed by atoms with Gasteiger partial charge >= 0.3 is 11.9 Å². The van der Waals surface area contributed by atoms with Crippen molar-refractivity contribution in [1.29, 1.82) is 0 Å². The first-order chi connectivity index (χ1) is 18.0. The molecule has 0 aliphatic heterocycles. The molecule has 0 saturated carbocycles. The Balaban J connectivity index is 1.98. The molecular weight excluding hydrogens is 495 g/mol. The van der Waals surface area contributed by atoms with Gasteiger partial charge in [0.25, 0.3) is 11.5 Å². The van der Waals surface area contributed by atoms with Gasteiger partial charge in [0.05, 0.1) is 28.7 Å². The molecule has 0 saturated heterocycles. The molecule has 0 aliphatic carbocycles. The number of halogens is 1. The predicted molar refractivity (Wildman–Crippen MR) is 138 cm³/mol. The number of carbonyl (C=O) groups excluding carboxylic acids is 1. The number of aryl methyl sites for hydroxylation is 2. The highest BCUT2D eigenvalue weighted by Crippen LogP contribution is 2.28. The summed E-state index contributed by atoms with van der Waals surface area (Å²) in [4.78, 5) is 56.5. The summed E-state index contributed by atoms with van der Waals surface area (Å²) in [6, 6.07) is 5.83. The number of H-pyrrole nitrogens is 1. The SMILES string of the molecule is C#CCN(Cc1cc2c(=O)[nH]c(C)nc2cc1C)c1c(F)cccc1C(=O)N[C@@H](CCCC(=O)O)C(=O)O. The van der Waals surface area contributed by atoms with Crippen LogP contribution >= 0.6 is 0 Å². The van der Waals surface area contributed by atoms with Gasteiger partial charge in [-0.25, -0.2) is 14.2 Å². The molecule has 0 radical (unpaired) electrons. The van der Waals surface area contributed by atoms with Crippen LogP contribution < -0.4 is 15.8 Å². The number of aromatic nitrogens is 2. The first-order valence-electron chi connectivity index (χ1n) is 11.7. The number of para-hydroxylation sites is 1. The van der Waals surface area contributed by atoms with Crippen molar-refractivity contribution in [3.63, 3.8) is 0 Å². The normalized spacial score (nSPS) is 11.5. The summed E-state index contributed by atoms with van der Waals surface area (Å²) in [5.41, 5.74) is 1.32. The second kappa shape index (κ2) is 12.0. The molecule has 1 heterocycles. The Kier molecular flexibility index (Phi) is 8.81. The molecule has 1 atom stereocenters. The van der Waals surface area contributed by atoms with Crippen molar-refractivity contribution in [2.24, 2.45) is 0 Å². The third kappa shape index (κ3) is 6.53. The van der Waals surface area contributed by atoms with E-state index in [0.717, 1.165) is 11.6 Å². The van der Waals surface area contributed by atoms with E-state index in [9.17, 15) is 24.3 Å². The van der Waals surface area contributed by atoms with E-state index in [1.165, 1.54) is 17.0 Å². The molecule has 38 heavy (non-hydrogen) atoms. The lowest BCUT2D eigenvalue weighted by Crippen LogP contribution is -2.41. The van der Waals surface area contributed by atoms with E-state index in [1.54, 1.807) is 19.1 Å². The van der Waals surface area contributed by atoms with Crippen LogP contribution in [0.15, 0.2) is 35.1 Å².